The van der Waals surface area contributed by atoms with Gasteiger partial charge in [-0.15, -0.1) is 0 Å². The number of carbonyl (C=O) groups excluding carboxylic acids is 4. The molecule has 0 aromatic rings. The molecule has 0 bridgehead atoms. The second-order valence-electron chi connectivity index (χ2n) is 28.3. The standard InChI is InChI=1S/C76H148O17P2/c1-7-9-11-13-15-16-17-23-31-36-42-48-54-60-75(80)92-71(64-86-73(78)58-52-46-38-14-12-10-8-2)66-90-94(82,83)88-62-70(77)63-89-95(84,85)91-67-72(65-87-74(79)59-53-47-41-35-30-27-22-25-29-34-40-45-51-57-69(5)6)93-76(81)61-55-49-43-37-32-26-21-19-18-20-24-28-33-39-44-50-56-68(3)4/h68-72,77H,7-67H2,1-6H3,(H,82,83)(H,84,85)/t70-,71+,72+/m0/s1. The van der Waals surface area contributed by atoms with Crippen molar-refractivity contribution in [2.45, 2.75) is 413 Å². The van der Waals surface area contributed by atoms with Crippen LogP contribution >= 0.6 is 15.6 Å². The Hall–Kier alpha value is -1.94. The van der Waals surface area contributed by atoms with Crippen LogP contribution in [0.15, 0.2) is 0 Å². The molecule has 0 radical (unpaired) electrons. The molecule has 0 saturated carbocycles. The SMILES string of the molecule is CCCCCCCCCCCCCCCC(=O)O[C@H](COC(=O)CCCCCCCCC)COP(=O)(O)OC[C@H](O)COP(=O)(O)OC[C@@H](COC(=O)CCCCCCCCCCCCCCCC(C)C)OC(=O)CCCCCCCCCCCCCCCCCCC(C)C. The Labute approximate surface area is 581 Å². The molecule has 0 aliphatic carbocycles. The van der Waals surface area contributed by atoms with Gasteiger partial charge in [-0.1, -0.05) is 343 Å². The van der Waals surface area contributed by atoms with Crippen molar-refractivity contribution in [2.24, 2.45) is 11.8 Å². The van der Waals surface area contributed by atoms with Crippen molar-refractivity contribution in [3.8, 4) is 0 Å². The van der Waals surface area contributed by atoms with Crippen LogP contribution in [0.1, 0.15) is 395 Å². The summed E-state index contributed by atoms with van der Waals surface area (Å²) in [6.45, 7) is 9.61. The summed E-state index contributed by atoms with van der Waals surface area (Å²) in [6, 6.07) is 0. The molecule has 17 nitrogen and oxygen atoms in total. The minimum atomic E-state index is -4.96. The summed E-state index contributed by atoms with van der Waals surface area (Å²) >= 11 is 0. The maximum Gasteiger partial charge on any atom is 0.472 e. The summed E-state index contributed by atoms with van der Waals surface area (Å²) in [7, 11) is -9.91. The number of phosphoric acid groups is 2. The van der Waals surface area contributed by atoms with E-state index in [-0.39, 0.29) is 25.7 Å². The summed E-state index contributed by atoms with van der Waals surface area (Å²) in [5.41, 5.74) is 0. The minimum absolute atomic E-state index is 0.107. The van der Waals surface area contributed by atoms with Crippen molar-refractivity contribution in [1.82, 2.24) is 0 Å². The molecule has 0 spiro atoms. The molecule has 5 atom stereocenters. The van der Waals surface area contributed by atoms with Gasteiger partial charge in [-0.05, 0) is 37.5 Å². The van der Waals surface area contributed by atoms with Crippen molar-refractivity contribution in [2.75, 3.05) is 39.6 Å². The summed E-state index contributed by atoms with van der Waals surface area (Å²) < 4.78 is 68.4. The van der Waals surface area contributed by atoms with E-state index < -0.39 is 97.5 Å². The van der Waals surface area contributed by atoms with Gasteiger partial charge in [0.15, 0.2) is 12.2 Å². The molecule has 0 fully saturated rings. The Balaban J connectivity index is 5.19. The second-order valence-corrected chi connectivity index (χ2v) is 31.3. The molecular weight excluding hydrogens is 1250 g/mol. The van der Waals surface area contributed by atoms with Crippen LogP contribution in [0.2, 0.25) is 0 Å². The lowest BCUT2D eigenvalue weighted by molar-refractivity contribution is -0.161. The maximum atomic E-state index is 13.1. The lowest BCUT2D eigenvalue weighted by atomic mass is 10.0. The highest BCUT2D eigenvalue weighted by Gasteiger charge is 2.30. The van der Waals surface area contributed by atoms with Crippen molar-refractivity contribution >= 4 is 39.5 Å². The van der Waals surface area contributed by atoms with Crippen molar-refractivity contribution < 1.29 is 80.2 Å². The van der Waals surface area contributed by atoms with Gasteiger partial charge in [0.05, 0.1) is 26.4 Å². The van der Waals surface area contributed by atoms with Gasteiger partial charge in [0, 0.05) is 25.7 Å². The highest BCUT2D eigenvalue weighted by Crippen LogP contribution is 2.45. The number of hydrogen-bond donors (Lipinski definition) is 3. The zero-order chi connectivity index (χ0) is 70.0. The third-order valence-corrected chi connectivity index (χ3v) is 19.6. The van der Waals surface area contributed by atoms with Gasteiger partial charge in [0.25, 0.3) is 0 Å². The van der Waals surface area contributed by atoms with E-state index >= 15 is 0 Å². The predicted molar refractivity (Wildman–Crippen MR) is 386 cm³/mol. The molecule has 0 saturated heterocycles. The van der Waals surface area contributed by atoms with Gasteiger partial charge < -0.3 is 33.8 Å². The number of hydrogen-bond acceptors (Lipinski definition) is 15. The molecule has 0 aliphatic heterocycles. The molecule has 0 aromatic carbocycles. The van der Waals surface area contributed by atoms with Gasteiger partial charge in [-0.3, -0.25) is 37.3 Å². The van der Waals surface area contributed by atoms with Crippen molar-refractivity contribution in [3.05, 3.63) is 0 Å². The molecule has 0 heterocycles. The van der Waals surface area contributed by atoms with E-state index in [0.29, 0.717) is 25.7 Å². The zero-order valence-corrected chi connectivity index (χ0v) is 63.8. The monoisotopic (exact) mass is 1400 g/mol. The van der Waals surface area contributed by atoms with Crippen LogP contribution in [0.4, 0.5) is 0 Å². The smallest absolute Gasteiger partial charge is 0.462 e. The number of rotatable bonds is 75. The molecular formula is C76H148O17P2. The first-order chi connectivity index (χ1) is 45.9. The largest absolute Gasteiger partial charge is 0.472 e. The molecule has 95 heavy (non-hydrogen) atoms. The summed E-state index contributed by atoms with van der Waals surface area (Å²) in [5.74, 6) is -0.518. The molecule has 0 rings (SSSR count). The second kappa shape index (κ2) is 67.9. The Bertz CT molecular complexity index is 1840. The zero-order valence-electron chi connectivity index (χ0n) is 62.0. The Morgan fingerprint density at radius 1 is 0.284 bits per heavy atom. The number of aliphatic hydroxyl groups is 1. The van der Waals surface area contributed by atoms with E-state index in [4.69, 9.17) is 37.0 Å². The van der Waals surface area contributed by atoms with Gasteiger partial charge in [-0.25, -0.2) is 9.13 Å². The fourth-order valence-corrected chi connectivity index (χ4v) is 13.2. The Morgan fingerprint density at radius 3 is 0.716 bits per heavy atom. The normalized spacial score (nSPS) is 14.0. The number of phosphoric ester groups is 2. The van der Waals surface area contributed by atoms with Crippen LogP contribution < -0.4 is 0 Å². The number of esters is 4. The van der Waals surface area contributed by atoms with Gasteiger partial charge in [-0.2, -0.15) is 0 Å². The van der Waals surface area contributed by atoms with E-state index in [1.165, 1.54) is 199 Å². The van der Waals surface area contributed by atoms with Gasteiger partial charge >= 0.3 is 39.5 Å². The lowest BCUT2D eigenvalue weighted by Crippen LogP contribution is -2.30. The number of carbonyl (C=O) groups is 4. The van der Waals surface area contributed by atoms with Crippen LogP contribution in [0.3, 0.4) is 0 Å². The minimum Gasteiger partial charge on any atom is -0.462 e. The number of unbranched alkanes of at least 4 members (excludes halogenated alkanes) is 45. The summed E-state index contributed by atoms with van der Waals surface area (Å²) in [5, 5.41) is 10.6. The average Bonchev–Trinajstić information content (AvgIpc) is 2.29. The molecule has 19 heteroatoms. The molecule has 0 aromatic heterocycles. The van der Waals surface area contributed by atoms with E-state index in [2.05, 4.69) is 41.5 Å². The van der Waals surface area contributed by atoms with Crippen LogP contribution in [0.5, 0.6) is 0 Å². The van der Waals surface area contributed by atoms with Gasteiger partial charge in [0.1, 0.15) is 19.3 Å². The molecule has 3 N–H and O–H groups in total. The van der Waals surface area contributed by atoms with Crippen LogP contribution in [-0.2, 0) is 65.4 Å². The highest BCUT2D eigenvalue weighted by molar-refractivity contribution is 7.47. The van der Waals surface area contributed by atoms with Crippen molar-refractivity contribution in [3.63, 3.8) is 0 Å². The summed E-state index contributed by atoms with van der Waals surface area (Å²) in [6.07, 6.45) is 55.6. The van der Waals surface area contributed by atoms with E-state index in [0.717, 1.165) is 115 Å². The van der Waals surface area contributed by atoms with Crippen molar-refractivity contribution in [1.29, 1.82) is 0 Å². The first-order valence-electron chi connectivity index (χ1n) is 39.5. The fourth-order valence-electron chi connectivity index (χ4n) is 11.7. The Morgan fingerprint density at radius 2 is 0.484 bits per heavy atom. The van der Waals surface area contributed by atoms with Crippen LogP contribution in [-0.4, -0.2) is 96.7 Å². The molecule has 0 amide bonds. The summed E-state index contributed by atoms with van der Waals surface area (Å²) in [4.78, 5) is 72.7. The lowest BCUT2D eigenvalue weighted by Gasteiger charge is -2.21. The maximum absolute atomic E-state index is 13.1. The highest BCUT2D eigenvalue weighted by atomic mass is 31.2. The molecule has 0 aliphatic rings. The van der Waals surface area contributed by atoms with E-state index in [1.807, 2.05) is 0 Å². The van der Waals surface area contributed by atoms with E-state index in [1.54, 1.807) is 0 Å². The third-order valence-electron chi connectivity index (χ3n) is 17.7. The molecule has 564 valence electrons. The third kappa shape index (κ3) is 70.3. The molecule has 2 unspecified atom stereocenters. The van der Waals surface area contributed by atoms with Crippen LogP contribution in [0.25, 0.3) is 0 Å². The number of aliphatic hydroxyl groups excluding tert-OH is 1. The average molecular weight is 1400 g/mol. The topological polar surface area (TPSA) is 237 Å². The first-order valence-corrected chi connectivity index (χ1v) is 42.5. The fraction of sp³-hybridized carbons (Fsp3) is 0.947. The Kier molecular flexibility index (Phi) is 66.5. The van der Waals surface area contributed by atoms with Gasteiger partial charge in [0.2, 0.25) is 0 Å². The predicted octanol–water partition coefficient (Wildman–Crippen LogP) is 22.3. The first kappa shape index (κ1) is 93.1. The number of ether oxygens (including phenoxy) is 4. The quantitative estimate of drug-likeness (QED) is 0.0222. The van der Waals surface area contributed by atoms with E-state index in [9.17, 15) is 43.2 Å². The van der Waals surface area contributed by atoms with Crippen LogP contribution in [0, 0.1) is 11.8 Å².